The predicted octanol–water partition coefficient (Wildman–Crippen LogP) is 0.854. The highest BCUT2D eigenvalue weighted by molar-refractivity contribution is 7.89. The van der Waals surface area contributed by atoms with Crippen LogP contribution < -0.4 is 15.2 Å². The summed E-state index contributed by atoms with van der Waals surface area (Å²) in [5, 5.41) is 7.93. The molecule has 0 unspecified atom stereocenters. The van der Waals surface area contributed by atoms with Crippen molar-refractivity contribution in [3.8, 4) is 5.75 Å². The van der Waals surface area contributed by atoms with Gasteiger partial charge < -0.3 is 10.1 Å². The lowest BCUT2D eigenvalue weighted by Crippen LogP contribution is -2.26. The highest BCUT2D eigenvalue weighted by Gasteiger charge is 2.01. The van der Waals surface area contributed by atoms with Crippen molar-refractivity contribution >= 4 is 10.0 Å². The number of benzene rings is 1. The average Bonchev–Trinajstić information content (AvgIpc) is 2.31. The van der Waals surface area contributed by atoms with Gasteiger partial charge in [0.05, 0.1) is 12.4 Å². The molecule has 0 aliphatic rings. The molecule has 0 fully saturated rings. The van der Waals surface area contributed by atoms with Crippen LogP contribution in [0.5, 0.6) is 5.75 Å². The highest BCUT2D eigenvalue weighted by Crippen LogP contribution is 2.13. The summed E-state index contributed by atoms with van der Waals surface area (Å²) in [6.45, 7) is 3.69. The molecule has 0 saturated carbocycles. The average molecular weight is 272 g/mol. The van der Waals surface area contributed by atoms with Gasteiger partial charge in [-0.05, 0) is 24.1 Å². The van der Waals surface area contributed by atoms with Gasteiger partial charge in [0, 0.05) is 13.1 Å². The molecule has 0 bridgehead atoms. The molecule has 1 aromatic rings. The molecule has 0 heterocycles. The number of hydrogen-bond donors (Lipinski definition) is 2. The number of nitrogens with two attached hydrogens (primary N) is 1. The van der Waals surface area contributed by atoms with E-state index in [0.717, 1.165) is 17.7 Å². The second-order valence-corrected chi connectivity index (χ2v) is 5.77. The fraction of sp³-hybridized carbons (Fsp3) is 0.500. The Bertz CT molecular complexity index is 460. The fourth-order valence-corrected chi connectivity index (χ4v) is 1.84. The van der Waals surface area contributed by atoms with Crippen LogP contribution in [0, 0.1) is 0 Å². The molecule has 18 heavy (non-hydrogen) atoms. The molecule has 1 aromatic carbocycles. The minimum atomic E-state index is -3.39. The lowest BCUT2D eigenvalue weighted by molar-refractivity contribution is 0.317. The third-order valence-electron chi connectivity index (χ3n) is 2.26. The molecule has 0 atom stereocenters. The van der Waals surface area contributed by atoms with Gasteiger partial charge in [0.2, 0.25) is 10.0 Å². The van der Waals surface area contributed by atoms with E-state index < -0.39 is 10.0 Å². The molecular weight excluding hydrogens is 252 g/mol. The summed E-state index contributed by atoms with van der Waals surface area (Å²) in [5.41, 5.74) is 1.05. The summed E-state index contributed by atoms with van der Waals surface area (Å²) >= 11 is 0. The van der Waals surface area contributed by atoms with Gasteiger partial charge in [-0.25, -0.2) is 13.6 Å². The summed E-state index contributed by atoms with van der Waals surface area (Å²) in [5.74, 6) is 0.779. The SMILES string of the molecule is CCCOc1cccc(CNCCS(N)(=O)=O)c1. The summed E-state index contributed by atoms with van der Waals surface area (Å²) in [7, 11) is -3.39. The van der Waals surface area contributed by atoms with E-state index in [4.69, 9.17) is 9.88 Å². The number of ether oxygens (including phenoxy) is 1. The van der Waals surface area contributed by atoms with Crippen molar-refractivity contribution in [1.82, 2.24) is 5.32 Å². The molecule has 102 valence electrons. The van der Waals surface area contributed by atoms with Gasteiger partial charge in [-0.2, -0.15) is 0 Å². The zero-order valence-corrected chi connectivity index (χ0v) is 11.4. The summed E-state index contributed by atoms with van der Waals surface area (Å²) in [6, 6.07) is 7.73. The first-order valence-electron chi connectivity index (χ1n) is 5.94. The minimum Gasteiger partial charge on any atom is -0.494 e. The van der Waals surface area contributed by atoms with Crippen LogP contribution in [0.3, 0.4) is 0 Å². The van der Waals surface area contributed by atoms with Gasteiger partial charge in [0.1, 0.15) is 5.75 Å². The Hall–Kier alpha value is -1.11. The molecule has 0 radical (unpaired) electrons. The number of sulfonamides is 1. The first-order valence-corrected chi connectivity index (χ1v) is 7.66. The van der Waals surface area contributed by atoms with Crippen LogP contribution in [-0.4, -0.2) is 27.3 Å². The molecule has 0 aromatic heterocycles. The van der Waals surface area contributed by atoms with Gasteiger partial charge in [-0.15, -0.1) is 0 Å². The van der Waals surface area contributed by atoms with Gasteiger partial charge in [0.25, 0.3) is 0 Å². The molecule has 0 amide bonds. The lowest BCUT2D eigenvalue weighted by atomic mass is 10.2. The van der Waals surface area contributed by atoms with E-state index in [9.17, 15) is 8.42 Å². The molecule has 0 aliphatic heterocycles. The van der Waals surface area contributed by atoms with Gasteiger partial charge in [-0.1, -0.05) is 19.1 Å². The largest absolute Gasteiger partial charge is 0.494 e. The molecule has 0 saturated heterocycles. The standard InChI is InChI=1S/C12H20N2O3S/c1-2-7-17-12-5-3-4-11(9-12)10-14-6-8-18(13,15)16/h3-5,9,14H,2,6-8,10H2,1H3,(H2,13,15,16). The quantitative estimate of drug-likeness (QED) is 0.688. The lowest BCUT2D eigenvalue weighted by Gasteiger charge is -2.08. The van der Waals surface area contributed by atoms with Crippen LogP contribution in [0.15, 0.2) is 24.3 Å². The van der Waals surface area contributed by atoms with Crippen LogP contribution in [-0.2, 0) is 16.6 Å². The fourth-order valence-electron chi connectivity index (χ4n) is 1.41. The second-order valence-electron chi connectivity index (χ2n) is 4.04. The smallest absolute Gasteiger partial charge is 0.210 e. The molecule has 1 rings (SSSR count). The molecule has 3 N–H and O–H groups in total. The monoisotopic (exact) mass is 272 g/mol. The van der Waals surface area contributed by atoms with Gasteiger partial charge in [0.15, 0.2) is 0 Å². The third-order valence-corrected chi connectivity index (χ3v) is 3.04. The maximum absolute atomic E-state index is 10.7. The van der Waals surface area contributed by atoms with Crippen molar-refractivity contribution in [2.45, 2.75) is 19.9 Å². The van der Waals surface area contributed by atoms with Crippen molar-refractivity contribution in [2.75, 3.05) is 18.9 Å². The van der Waals surface area contributed by atoms with E-state index in [0.29, 0.717) is 19.7 Å². The Morgan fingerprint density at radius 2 is 2.17 bits per heavy atom. The maximum atomic E-state index is 10.7. The zero-order valence-electron chi connectivity index (χ0n) is 10.6. The first-order chi connectivity index (χ1) is 8.51. The maximum Gasteiger partial charge on any atom is 0.210 e. The molecule has 0 aliphatic carbocycles. The van der Waals surface area contributed by atoms with Crippen molar-refractivity contribution in [1.29, 1.82) is 0 Å². The van der Waals surface area contributed by atoms with Crippen molar-refractivity contribution < 1.29 is 13.2 Å². The molecule has 6 heteroatoms. The highest BCUT2D eigenvalue weighted by atomic mass is 32.2. The van der Waals surface area contributed by atoms with E-state index >= 15 is 0 Å². The summed E-state index contributed by atoms with van der Waals surface area (Å²) < 4.78 is 27.0. The van der Waals surface area contributed by atoms with Crippen LogP contribution in [0.2, 0.25) is 0 Å². The molecule has 5 nitrogen and oxygen atoms in total. The Kier molecular flexibility index (Phi) is 6.11. The van der Waals surface area contributed by atoms with Crippen LogP contribution in [0.1, 0.15) is 18.9 Å². The third kappa shape index (κ3) is 6.58. The van der Waals surface area contributed by atoms with Crippen LogP contribution >= 0.6 is 0 Å². The van der Waals surface area contributed by atoms with E-state index in [-0.39, 0.29) is 5.75 Å². The Balaban J connectivity index is 2.38. The predicted molar refractivity (Wildman–Crippen MR) is 71.9 cm³/mol. The van der Waals surface area contributed by atoms with Gasteiger partial charge in [-0.3, -0.25) is 0 Å². The van der Waals surface area contributed by atoms with Crippen molar-refractivity contribution in [2.24, 2.45) is 5.14 Å². The number of hydrogen-bond acceptors (Lipinski definition) is 4. The van der Waals surface area contributed by atoms with Crippen LogP contribution in [0.4, 0.5) is 0 Å². The molecule has 0 spiro atoms. The first kappa shape index (κ1) is 14.9. The van der Waals surface area contributed by atoms with Gasteiger partial charge >= 0.3 is 0 Å². The number of primary sulfonamides is 1. The minimum absolute atomic E-state index is 0.0565. The molecular formula is C12H20N2O3S. The van der Waals surface area contributed by atoms with E-state index in [2.05, 4.69) is 12.2 Å². The zero-order chi connectivity index (χ0) is 13.4. The van der Waals surface area contributed by atoms with Crippen molar-refractivity contribution in [3.05, 3.63) is 29.8 Å². The second kappa shape index (κ2) is 7.35. The Morgan fingerprint density at radius 1 is 1.39 bits per heavy atom. The van der Waals surface area contributed by atoms with Crippen LogP contribution in [0.25, 0.3) is 0 Å². The van der Waals surface area contributed by atoms with E-state index in [1.54, 1.807) is 0 Å². The Labute approximate surface area is 108 Å². The Morgan fingerprint density at radius 3 is 2.83 bits per heavy atom. The number of rotatable bonds is 8. The van der Waals surface area contributed by atoms with E-state index in [1.807, 2.05) is 24.3 Å². The topological polar surface area (TPSA) is 81.4 Å². The number of nitrogens with one attached hydrogen (secondary N) is 1. The summed E-state index contributed by atoms with van der Waals surface area (Å²) in [6.07, 6.45) is 0.969. The van der Waals surface area contributed by atoms with E-state index in [1.165, 1.54) is 0 Å². The summed E-state index contributed by atoms with van der Waals surface area (Å²) in [4.78, 5) is 0. The van der Waals surface area contributed by atoms with Crippen molar-refractivity contribution in [3.63, 3.8) is 0 Å². The normalized spacial score (nSPS) is 11.4.